The molecule has 23 heavy (non-hydrogen) atoms. The molecule has 0 bridgehead atoms. The summed E-state index contributed by atoms with van der Waals surface area (Å²) in [5.74, 6) is 0. The number of likely N-dealkylation sites (N-methyl/N-ethyl adjacent to an activating group) is 1. The topological polar surface area (TPSA) is 41.6 Å². The van der Waals surface area contributed by atoms with Gasteiger partial charge in [-0.25, -0.2) is 4.79 Å². The quantitative estimate of drug-likeness (QED) is 0.752. The van der Waals surface area contributed by atoms with E-state index in [1.807, 2.05) is 27.7 Å². The summed E-state index contributed by atoms with van der Waals surface area (Å²) in [7, 11) is 0. The zero-order valence-electron chi connectivity index (χ0n) is 15.2. The Hall–Kier alpha value is -1.20. The van der Waals surface area contributed by atoms with Crippen molar-refractivity contribution in [3.05, 3.63) is 29.8 Å². The molecule has 0 fully saturated rings. The molecule has 1 aromatic carbocycles. The number of carbonyl (C=O) groups is 1. The van der Waals surface area contributed by atoms with E-state index in [9.17, 15) is 4.79 Å². The number of benzene rings is 1. The number of amides is 1. The van der Waals surface area contributed by atoms with Crippen LogP contribution in [0.5, 0.6) is 0 Å². The van der Waals surface area contributed by atoms with Gasteiger partial charge < -0.3 is 15.0 Å². The lowest BCUT2D eigenvalue weighted by molar-refractivity contribution is 0.0261. The van der Waals surface area contributed by atoms with Crippen LogP contribution < -0.4 is 5.32 Å². The first-order valence-electron chi connectivity index (χ1n) is 8.12. The average Bonchev–Trinajstić information content (AvgIpc) is 2.49. The van der Waals surface area contributed by atoms with E-state index in [2.05, 4.69) is 42.8 Å². The first-order chi connectivity index (χ1) is 10.8. The number of ether oxygens (including phenoxy) is 1. The summed E-state index contributed by atoms with van der Waals surface area (Å²) in [6.45, 7) is 11.8. The van der Waals surface area contributed by atoms with Crippen LogP contribution in [0.1, 0.15) is 46.2 Å². The van der Waals surface area contributed by atoms with Gasteiger partial charge in [-0.05, 0) is 58.6 Å². The molecule has 0 aliphatic heterocycles. The molecule has 0 aliphatic rings. The fraction of sp³-hybridized carbons (Fsp3) is 0.611. The standard InChI is InChI=1S/C18H30N2O2S/c1-7-20(17(21)22-18(3,4)5)13-12-19-14(2)15-8-10-16(23-6)11-9-15/h8-11,14,19H,7,12-13H2,1-6H3. The second-order valence-corrected chi connectivity index (χ2v) is 7.39. The van der Waals surface area contributed by atoms with Crippen LogP contribution in [0.25, 0.3) is 0 Å². The normalized spacial score (nSPS) is 12.8. The van der Waals surface area contributed by atoms with Crippen LogP contribution in [-0.4, -0.2) is 42.5 Å². The van der Waals surface area contributed by atoms with Gasteiger partial charge in [-0.2, -0.15) is 0 Å². The Morgan fingerprint density at radius 3 is 2.39 bits per heavy atom. The molecule has 5 heteroatoms. The number of hydrogen-bond acceptors (Lipinski definition) is 4. The van der Waals surface area contributed by atoms with Gasteiger partial charge in [-0.1, -0.05) is 12.1 Å². The maximum absolute atomic E-state index is 12.1. The summed E-state index contributed by atoms with van der Waals surface area (Å²) < 4.78 is 5.42. The molecule has 1 atom stereocenters. The zero-order valence-corrected chi connectivity index (χ0v) is 16.0. The fourth-order valence-electron chi connectivity index (χ4n) is 2.13. The van der Waals surface area contributed by atoms with Crippen molar-refractivity contribution in [3.8, 4) is 0 Å². The highest BCUT2D eigenvalue weighted by Gasteiger charge is 2.20. The molecule has 0 saturated heterocycles. The van der Waals surface area contributed by atoms with Gasteiger partial charge in [-0.15, -0.1) is 11.8 Å². The van der Waals surface area contributed by atoms with E-state index in [0.717, 1.165) is 6.54 Å². The molecule has 4 nitrogen and oxygen atoms in total. The molecular weight excluding hydrogens is 308 g/mol. The summed E-state index contributed by atoms with van der Waals surface area (Å²) in [4.78, 5) is 15.1. The Balaban J connectivity index is 2.45. The molecule has 0 spiro atoms. The van der Waals surface area contributed by atoms with E-state index < -0.39 is 5.60 Å². The largest absolute Gasteiger partial charge is 0.444 e. The van der Waals surface area contributed by atoms with E-state index in [0.29, 0.717) is 13.1 Å². The Labute approximate surface area is 145 Å². The molecule has 1 amide bonds. The van der Waals surface area contributed by atoms with E-state index in [1.54, 1.807) is 16.7 Å². The number of thioether (sulfide) groups is 1. The van der Waals surface area contributed by atoms with Crippen LogP contribution >= 0.6 is 11.8 Å². The predicted molar refractivity (Wildman–Crippen MR) is 98.1 cm³/mol. The summed E-state index contributed by atoms with van der Waals surface area (Å²) in [5.41, 5.74) is 0.799. The SMILES string of the molecule is CCN(CCNC(C)c1ccc(SC)cc1)C(=O)OC(C)(C)C. The minimum Gasteiger partial charge on any atom is -0.444 e. The molecular formula is C18H30N2O2S. The highest BCUT2D eigenvalue weighted by Crippen LogP contribution is 2.18. The van der Waals surface area contributed by atoms with Crippen molar-refractivity contribution in [3.63, 3.8) is 0 Å². The second kappa shape index (κ2) is 9.18. The maximum atomic E-state index is 12.1. The fourth-order valence-corrected chi connectivity index (χ4v) is 2.54. The lowest BCUT2D eigenvalue weighted by Gasteiger charge is -2.27. The Morgan fingerprint density at radius 2 is 1.91 bits per heavy atom. The summed E-state index contributed by atoms with van der Waals surface area (Å²) in [6, 6.07) is 8.82. The van der Waals surface area contributed by atoms with Gasteiger partial charge in [0, 0.05) is 30.6 Å². The molecule has 0 saturated carbocycles. The smallest absolute Gasteiger partial charge is 0.410 e. The van der Waals surface area contributed by atoms with Crippen molar-refractivity contribution in [1.29, 1.82) is 0 Å². The van der Waals surface area contributed by atoms with Crippen LogP contribution in [0.2, 0.25) is 0 Å². The third kappa shape index (κ3) is 7.27. The van der Waals surface area contributed by atoms with Crippen LogP contribution in [0.3, 0.4) is 0 Å². The first kappa shape index (κ1) is 19.8. The van der Waals surface area contributed by atoms with Gasteiger partial charge in [-0.3, -0.25) is 0 Å². The maximum Gasteiger partial charge on any atom is 0.410 e. The van der Waals surface area contributed by atoms with Gasteiger partial charge in [0.1, 0.15) is 5.60 Å². The molecule has 1 rings (SSSR count). The van der Waals surface area contributed by atoms with Gasteiger partial charge in [0.2, 0.25) is 0 Å². The van der Waals surface area contributed by atoms with Gasteiger partial charge in [0.25, 0.3) is 0 Å². The molecule has 1 unspecified atom stereocenters. The van der Waals surface area contributed by atoms with Crippen molar-refractivity contribution >= 4 is 17.9 Å². The lowest BCUT2D eigenvalue weighted by Crippen LogP contribution is -2.40. The second-order valence-electron chi connectivity index (χ2n) is 6.51. The highest BCUT2D eigenvalue weighted by molar-refractivity contribution is 7.98. The molecule has 0 radical (unpaired) electrons. The van der Waals surface area contributed by atoms with Crippen molar-refractivity contribution in [1.82, 2.24) is 10.2 Å². The third-order valence-electron chi connectivity index (χ3n) is 3.48. The number of carbonyl (C=O) groups excluding carboxylic acids is 1. The molecule has 0 aromatic heterocycles. The predicted octanol–water partition coefficient (Wildman–Crippen LogP) is 4.32. The monoisotopic (exact) mass is 338 g/mol. The van der Waals surface area contributed by atoms with Crippen molar-refractivity contribution in [2.24, 2.45) is 0 Å². The molecule has 0 heterocycles. The van der Waals surface area contributed by atoms with Crippen molar-refractivity contribution in [2.75, 3.05) is 25.9 Å². The van der Waals surface area contributed by atoms with Crippen molar-refractivity contribution < 1.29 is 9.53 Å². The zero-order chi connectivity index (χ0) is 17.5. The average molecular weight is 339 g/mol. The van der Waals surface area contributed by atoms with Crippen LogP contribution in [0, 0.1) is 0 Å². The van der Waals surface area contributed by atoms with Gasteiger partial charge in [0.15, 0.2) is 0 Å². The Morgan fingerprint density at radius 1 is 1.30 bits per heavy atom. The lowest BCUT2D eigenvalue weighted by atomic mass is 10.1. The Kier molecular flexibility index (Phi) is 7.92. The molecule has 0 aliphatic carbocycles. The first-order valence-corrected chi connectivity index (χ1v) is 9.34. The summed E-state index contributed by atoms with van der Waals surface area (Å²) in [6.07, 6.45) is 1.82. The van der Waals surface area contributed by atoms with Crippen LogP contribution in [-0.2, 0) is 4.74 Å². The molecule has 1 aromatic rings. The summed E-state index contributed by atoms with van der Waals surface area (Å²) in [5, 5.41) is 3.46. The Bertz CT molecular complexity index is 483. The van der Waals surface area contributed by atoms with E-state index in [1.165, 1.54) is 10.5 Å². The van der Waals surface area contributed by atoms with Gasteiger partial charge in [0.05, 0.1) is 0 Å². The number of hydrogen-bond donors (Lipinski definition) is 1. The van der Waals surface area contributed by atoms with Crippen LogP contribution in [0.4, 0.5) is 4.79 Å². The summed E-state index contributed by atoms with van der Waals surface area (Å²) >= 11 is 1.74. The minimum absolute atomic E-state index is 0.251. The minimum atomic E-state index is -0.454. The van der Waals surface area contributed by atoms with E-state index in [-0.39, 0.29) is 12.1 Å². The number of nitrogens with zero attached hydrogens (tertiary/aromatic N) is 1. The third-order valence-corrected chi connectivity index (χ3v) is 4.23. The number of nitrogens with one attached hydrogen (secondary N) is 1. The molecule has 1 N–H and O–H groups in total. The van der Waals surface area contributed by atoms with E-state index >= 15 is 0 Å². The van der Waals surface area contributed by atoms with Crippen molar-refractivity contribution in [2.45, 2.75) is 51.2 Å². The van der Waals surface area contributed by atoms with E-state index in [4.69, 9.17) is 4.74 Å². The molecule has 130 valence electrons. The van der Waals surface area contributed by atoms with Gasteiger partial charge >= 0.3 is 6.09 Å². The van der Waals surface area contributed by atoms with Crippen LogP contribution in [0.15, 0.2) is 29.2 Å². The number of rotatable bonds is 7. The highest BCUT2D eigenvalue weighted by atomic mass is 32.2.